The van der Waals surface area contributed by atoms with E-state index in [-0.39, 0.29) is 0 Å². The Bertz CT molecular complexity index is 749. The van der Waals surface area contributed by atoms with Gasteiger partial charge in [0.05, 0.1) is 5.39 Å². The van der Waals surface area contributed by atoms with Crippen LogP contribution in [0.25, 0.3) is 11.0 Å². The standard InChI is InChI=1S/C15H15N4.Al/c1-10-11(2)19(8-12-6-4-3-5-7-12)15-13(10)14(16)17-9-18-15;/h3-7,9H,8H2,1-2H3,(H-,16,17,18);/q-1;+1. The summed E-state index contributed by atoms with van der Waals surface area (Å²) in [6.07, 6.45) is 1.61. The van der Waals surface area contributed by atoms with Crippen molar-refractivity contribution in [3.8, 4) is 0 Å². The van der Waals surface area contributed by atoms with E-state index in [0.29, 0.717) is 0 Å². The van der Waals surface area contributed by atoms with Crippen molar-refractivity contribution in [1.82, 2.24) is 14.5 Å². The summed E-state index contributed by atoms with van der Waals surface area (Å²) in [7, 11) is 0. The molecule has 0 amide bonds. The first-order valence-electron chi connectivity index (χ1n) is 6.53. The van der Waals surface area contributed by atoms with Crippen LogP contribution in [-0.4, -0.2) is 31.0 Å². The summed E-state index contributed by atoms with van der Waals surface area (Å²) in [6, 6.07) is 10.4. The maximum Gasteiger partial charge on any atom is 0.308 e. The number of hydrogen-bond acceptors (Lipinski definition) is 3. The Morgan fingerprint density at radius 3 is 2.60 bits per heavy atom. The van der Waals surface area contributed by atoms with Crippen LogP contribution in [0, 0.1) is 13.8 Å². The van der Waals surface area contributed by atoms with Crippen LogP contribution in [0.15, 0.2) is 36.7 Å². The molecule has 2 aromatic heterocycles. The summed E-state index contributed by atoms with van der Waals surface area (Å²) in [4.78, 5) is 8.76. The molecule has 2 radical (unpaired) electrons. The lowest BCUT2D eigenvalue weighted by Gasteiger charge is -2.08. The number of nitrogens with one attached hydrogen (secondary N) is 1. The molecule has 1 N–H and O–H groups in total. The number of benzene rings is 1. The number of aryl methyl sites for hydroxylation is 1. The summed E-state index contributed by atoms with van der Waals surface area (Å²) >= 11 is 2.50. The molecule has 0 fully saturated rings. The largest absolute Gasteiger partial charge is 0.476 e. The van der Waals surface area contributed by atoms with Crippen LogP contribution in [0.4, 0.5) is 5.82 Å². The third-order valence-corrected chi connectivity index (χ3v) is 4.00. The quantitative estimate of drug-likeness (QED) is 0.749. The first-order valence-corrected chi connectivity index (χ1v) is 7.11. The fourth-order valence-corrected chi connectivity index (χ4v) is 2.76. The van der Waals surface area contributed by atoms with Crippen molar-refractivity contribution in [3.63, 3.8) is 0 Å². The van der Waals surface area contributed by atoms with Crippen LogP contribution >= 0.6 is 0 Å². The zero-order chi connectivity index (χ0) is 14.1. The molecule has 3 rings (SSSR count). The molecule has 0 spiro atoms. The van der Waals surface area contributed by atoms with Crippen molar-refractivity contribution in [2.24, 2.45) is 0 Å². The minimum absolute atomic E-state index is 0.824. The zero-order valence-electron chi connectivity index (χ0n) is 11.6. The molecule has 98 valence electrons. The summed E-state index contributed by atoms with van der Waals surface area (Å²) in [6.45, 7) is 5.07. The van der Waals surface area contributed by atoms with Gasteiger partial charge in [-0.25, -0.2) is 9.97 Å². The number of fused-ring (bicyclic) bond motifs is 1. The van der Waals surface area contributed by atoms with Crippen molar-refractivity contribution >= 4 is 33.4 Å². The van der Waals surface area contributed by atoms with Gasteiger partial charge in [0, 0.05) is 12.2 Å². The van der Waals surface area contributed by atoms with Gasteiger partial charge in [0.15, 0.2) is 0 Å². The van der Waals surface area contributed by atoms with E-state index in [1.807, 2.05) is 6.07 Å². The molecule has 0 unspecified atom stereocenters. The fraction of sp³-hybridized carbons (Fsp3) is 0.200. The molecule has 0 atom stereocenters. The number of hydrogen-bond donors (Lipinski definition) is 1. The van der Waals surface area contributed by atoms with Crippen molar-refractivity contribution in [1.29, 1.82) is 0 Å². The number of aromatic nitrogens is 3. The second-order valence-corrected chi connectivity index (χ2v) is 5.14. The molecule has 20 heavy (non-hydrogen) atoms. The molecule has 2 heterocycles. The minimum Gasteiger partial charge on any atom is -0.476 e. The molecule has 4 nitrogen and oxygen atoms in total. The van der Waals surface area contributed by atoms with Gasteiger partial charge in [0.1, 0.15) is 17.8 Å². The van der Waals surface area contributed by atoms with Gasteiger partial charge in [-0.1, -0.05) is 30.3 Å². The molecular formula is C15H15AlN4. The van der Waals surface area contributed by atoms with Gasteiger partial charge in [0.25, 0.3) is 0 Å². The van der Waals surface area contributed by atoms with Gasteiger partial charge < -0.3 is 8.87 Å². The predicted octanol–water partition coefficient (Wildman–Crippen LogP) is 2.59. The molecular weight excluding hydrogens is 263 g/mol. The first kappa shape index (κ1) is 13.2. The lowest BCUT2D eigenvalue weighted by Crippen LogP contribution is -2.03. The van der Waals surface area contributed by atoms with E-state index in [4.69, 9.17) is 0 Å². The van der Waals surface area contributed by atoms with E-state index in [1.165, 1.54) is 16.8 Å². The second kappa shape index (κ2) is 5.28. The van der Waals surface area contributed by atoms with Crippen LogP contribution in [0.1, 0.15) is 16.8 Å². The molecule has 0 aliphatic heterocycles. The molecule has 5 heteroatoms. The maximum absolute atomic E-state index is 4.47. The average Bonchev–Trinajstić information content (AvgIpc) is 2.73. The van der Waals surface area contributed by atoms with E-state index in [0.717, 1.165) is 23.4 Å². The Kier molecular flexibility index (Phi) is 3.48. The van der Waals surface area contributed by atoms with Gasteiger partial charge in [0.2, 0.25) is 0 Å². The summed E-state index contributed by atoms with van der Waals surface area (Å²) in [5.74, 6) is 0.854. The van der Waals surface area contributed by atoms with E-state index in [2.05, 4.69) is 73.5 Å². The normalized spacial score (nSPS) is 10.9. The van der Waals surface area contributed by atoms with Gasteiger partial charge in [-0.15, -0.1) is 0 Å². The highest BCUT2D eigenvalue weighted by molar-refractivity contribution is 6.18. The number of anilines is 1. The van der Waals surface area contributed by atoms with Gasteiger partial charge in [-0.05, 0) is 25.0 Å². The Hall–Kier alpha value is -1.83. The van der Waals surface area contributed by atoms with E-state index < -0.39 is 0 Å². The highest BCUT2D eigenvalue weighted by Crippen LogP contribution is 2.28. The fourth-order valence-electron chi connectivity index (χ4n) is 2.54. The first-order chi connectivity index (χ1) is 9.72. The third kappa shape index (κ3) is 2.09. The molecule has 0 aliphatic rings. The summed E-state index contributed by atoms with van der Waals surface area (Å²) < 4.78 is 5.31. The van der Waals surface area contributed by atoms with Gasteiger partial charge >= 0.3 is 16.5 Å². The summed E-state index contributed by atoms with van der Waals surface area (Å²) in [5.41, 5.74) is 4.70. The third-order valence-electron chi connectivity index (χ3n) is 3.73. The van der Waals surface area contributed by atoms with Gasteiger partial charge in [-0.2, -0.15) is 0 Å². The molecule has 1 aromatic carbocycles. The van der Waals surface area contributed by atoms with Crippen LogP contribution in [0.2, 0.25) is 0 Å². The van der Waals surface area contributed by atoms with E-state index in [9.17, 15) is 0 Å². The maximum atomic E-state index is 4.47. The molecule has 0 saturated heterocycles. The Labute approximate surface area is 126 Å². The summed E-state index contributed by atoms with van der Waals surface area (Å²) in [5, 5.41) is 1.09. The molecule has 0 bridgehead atoms. The zero-order valence-corrected chi connectivity index (χ0v) is 12.7. The Balaban J connectivity index is 2.19. The molecule has 3 aromatic rings. The lowest BCUT2D eigenvalue weighted by molar-refractivity contribution is 0.790. The van der Waals surface area contributed by atoms with Crippen molar-refractivity contribution in [2.75, 3.05) is 4.30 Å². The van der Waals surface area contributed by atoms with Crippen LogP contribution in [0.5, 0.6) is 0 Å². The average molecular weight is 278 g/mol. The second-order valence-electron chi connectivity index (χ2n) is 4.85. The SMILES string of the molecule is Cc1c(C)n(Cc2ccccc2)c2ncnc([NH][Al])c12. The highest BCUT2D eigenvalue weighted by Gasteiger charge is 2.15. The topological polar surface area (TPSA) is 42.7 Å². The Morgan fingerprint density at radius 1 is 1.15 bits per heavy atom. The molecule has 0 saturated carbocycles. The Morgan fingerprint density at radius 2 is 1.90 bits per heavy atom. The van der Waals surface area contributed by atoms with Crippen LogP contribution in [0.3, 0.4) is 0 Å². The lowest BCUT2D eigenvalue weighted by atomic mass is 10.2. The molecule has 0 aliphatic carbocycles. The van der Waals surface area contributed by atoms with E-state index in [1.54, 1.807) is 6.33 Å². The van der Waals surface area contributed by atoms with Crippen molar-refractivity contribution in [2.45, 2.75) is 20.4 Å². The van der Waals surface area contributed by atoms with Crippen LogP contribution < -0.4 is 4.30 Å². The minimum atomic E-state index is 0.824. The number of rotatable bonds is 3. The van der Waals surface area contributed by atoms with Gasteiger partial charge in [-0.3, -0.25) is 0 Å². The smallest absolute Gasteiger partial charge is 0.308 e. The van der Waals surface area contributed by atoms with Crippen molar-refractivity contribution < 1.29 is 0 Å². The van der Waals surface area contributed by atoms with E-state index >= 15 is 0 Å². The van der Waals surface area contributed by atoms with Crippen LogP contribution in [-0.2, 0) is 6.54 Å². The highest BCUT2D eigenvalue weighted by atomic mass is 27.1. The monoisotopic (exact) mass is 278 g/mol. The van der Waals surface area contributed by atoms with Crippen molar-refractivity contribution in [3.05, 3.63) is 53.5 Å². The predicted molar refractivity (Wildman–Crippen MR) is 81.9 cm³/mol. The number of nitrogens with zero attached hydrogens (tertiary/aromatic N) is 3.